The molecule has 0 aromatic heterocycles. The zero-order valence-electron chi connectivity index (χ0n) is 15.0. The molecule has 0 aliphatic heterocycles. The van der Waals surface area contributed by atoms with Gasteiger partial charge in [-0.2, -0.15) is 0 Å². The number of anilines is 1. The Morgan fingerprint density at radius 1 is 1.04 bits per heavy atom. The lowest BCUT2D eigenvalue weighted by molar-refractivity contribution is 0.0916. The van der Waals surface area contributed by atoms with Gasteiger partial charge < -0.3 is 15.4 Å². The van der Waals surface area contributed by atoms with Crippen molar-refractivity contribution >= 4 is 29.1 Å². The summed E-state index contributed by atoms with van der Waals surface area (Å²) in [4.78, 5) is 25.0. The monoisotopic (exact) mass is 374 g/mol. The Hall–Kier alpha value is -2.37. The molecule has 2 N–H and O–H groups in total. The summed E-state index contributed by atoms with van der Waals surface area (Å²) in [5, 5.41) is 6.01. The molecule has 0 spiro atoms. The molecule has 0 atom stereocenters. The fourth-order valence-electron chi connectivity index (χ4n) is 2.41. The number of nitrogens with one attached hydrogen (secondary N) is 2. The minimum absolute atomic E-state index is 0.286. The topological polar surface area (TPSA) is 67.4 Å². The Bertz CT molecular complexity index is 777. The van der Waals surface area contributed by atoms with E-state index in [2.05, 4.69) is 10.6 Å². The second-order valence-corrected chi connectivity index (χ2v) is 6.26. The van der Waals surface area contributed by atoms with E-state index in [1.54, 1.807) is 30.3 Å². The van der Waals surface area contributed by atoms with Crippen LogP contribution in [0.1, 0.15) is 39.6 Å². The maximum atomic E-state index is 12.5. The van der Waals surface area contributed by atoms with Gasteiger partial charge in [0.15, 0.2) is 0 Å². The molecule has 0 unspecified atom stereocenters. The maximum Gasteiger partial charge on any atom is 0.255 e. The molecular weight excluding hydrogens is 352 g/mol. The van der Waals surface area contributed by atoms with Crippen LogP contribution in [0.2, 0.25) is 5.02 Å². The zero-order valence-corrected chi connectivity index (χ0v) is 15.7. The second kappa shape index (κ2) is 9.94. The predicted molar refractivity (Wildman–Crippen MR) is 104 cm³/mol. The first-order chi connectivity index (χ1) is 12.5. The van der Waals surface area contributed by atoms with Crippen LogP contribution in [-0.4, -0.2) is 31.6 Å². The van der Waals surface area contributed by atoms with Gasteiger partial charge in [0.05, 0.1) is 17.9 Å². The third kappa shape index (κ3) is 5.58. The Labute approximate surface area is 158 Å². The van der Waals surface area contributed by atoms with E-state index in [1.807, 2.05) is 26.0 Å². The number of hydrogen-bond donors (Lipinski definition) is 2. The first kappa shape index (κ1) is 19.9. The quantitative estimate of drug-likeness (QED) is 0.685. The first-order valence-corrected chi connectivity index (χ1v) is 8.93. The number of halogens is 1. The molecule has 2 aromatic rings. The lowest BCUT2D eigenvalue weighted by Gasteiger charge is -2.13. The molecule has 0 bridgehead atoms. The highest BCUT2D eigenvalue weighted by atomic mass is 35.5. The summed E-state index contributed by atoms with van der Waals surface area (Å²) in [6.07, 6.45) is 0.931. The number of aryl methyl sites for hydroxylation is 1. The van der Waals surface area contributed by atoms with Gasteiger partial charge in [0, 0.05) is 23.7 Å². The highest BCUT2D eigenvalue weighted by Crippen LogP contribution is 2.22. The highest BCUT2D eigenvalue weighted by molar-refractivity contribution is 6.31. The van der Waals surface area contributed by atoms with Crippen LogP contribution in [0.4, 0.5) is 5.69 Å². The number of ether oxygens (including phenoxy) is 1. The first-order valence-electron chi connectivity index (χ1n) is 8.55. The highest BCUT2D eigenvalue weighted by Gasteiger charge is 2.15. The molecule has 6 heteroatoms. The van der Waals surface area contributed by atoms with Gasteiger partial charge in [0.2, 0.25) is 0 Å². The minimum atomic E-state index is -0.290. The minimum Gasteiger partial charge on any atom is -0.380 e. The van der Waals surface area contributed by atoms with Crippen molar-refractivity contribution in [2.45, 2.75) is 20.3 Å². The lowest BCUT2D eigenvalue weighted by atomic mass is 10.1. The van der Waals surface area contributed by atoms with Crippen LogP contribution in [0.25, 0.3) is 0 Å². The van der Waals surface area contributed by atoms with Crippen molar-refractivity contribution < 1.29 is 14.3 Å². The molecule has 5 nitrogen and oxygen atoms in total. The van der Waals surface area contributed by atoms with Gasteiger partial charge in [-0.15, -0.1) is 0 Å². The molecule has 0 saturated carbocycles. The van der Waals surface area contributed by atoms with E-state index >= 15 is 0 Å². The number of carbonyl (C=O) groups is 2. The summed E-state index contributed by atoms with van der Waals surface area (Å²) in [5.41, 5.74) is 2.13. The molecule has 2 rings (SSSR count). The smallest absolute Gasteiger partial charge is 0.255 e. The molecule has 2 amide bonds. The van der Waals surface area contributed by atoms with Gasteiger partial charge in [-0.3, -0.25) is 9.59 Å². The number of amides is 2. The van der Waals surface area contributed by atoms with Gasteiger partial charge >= 0.3 is 0 Å². The number of benzene rings is 2. The molecule has 0 heterocycles. The summed E-state index contributed by atoms with van der Waals surface area (Å²) in [5.74, 6) is -0.576. The van der Waals surface area contributed by atoms with Crippen molar-refractivity contribution in [2.75, 3.05) is 25.1 Å². The number of carbonyl (C=O) groups excluding carboxylic acids is 2. The van der Waals surface area contributed by atoms with Crippen LogP contribution >= 0.6 is 11.6 Å². The van der Waals surface area contributed by atoms with E-state index in [9.17, 15) is 9.59 Å². The van der Waals surface area contributed by atoms with E-state index in [-0.39, 0.29) is 11.8 Å². The second-order valence-electron chi connectivity index (χ2n) is 5.83. The third-order valence-electron chi connectivity index (χ3n) is 3.74. The van der Waals surface area contributed by atoms with Crippen LogP contribution in [-0.2, 0) is 4.74 Å². The van der Waals surface area contributed by atoms with E-state index in [4.69, 9.17) is 16.3 Å². The lowest BCUT2D eigenvalue weighted by Crippen LogP contribution is -2.28. The predicted octanol–water partition coefficient (Wildman–Crippen LogP) is 4.06. The number of hydrogen-bond acceptors (Lipinski definition) is 3. The van der Waals surface area contributed by atoms with Gasteiger partial charge in [-0.05, 0) is 43.2 Å². The normalized spacial score (nSPS) is 10.4. The number of rotatable bonds is 8. The van der Waals surface area contributed by atoms with Gasteiger partial charge in [0.1, 0.15) is 0 Å². The van der Waals surface area contributed by atoms with Crippen LogP contribution in [0.15, 0.2) is 42.5 Å². The summed E-state index contributed by atoms with van der Waals surface area (Å²) in [6, 6.07) is 12.0. The van der Waals surface area contributed by atoms with Crippen molar-refractivity contribution in [3.8, 4) is 0 Å². The van der Waals surface area contributed by atoms with E-state index in [1.165, 1.54) is 0 Å². The molecule has 0 saturated heterocycles. The molecule has 26 heavy (non-hydrogen) atoms. The van der Waals surface area contributed by atoms with Crippen molar-refractivity contribution in [1.82, 2.24) is 5.32 Å². The Balaban J connectivity index is 2.10. The molecule has 138 valence electrons. The van der Waals surface area contributed by atoms with Crippen molar-refractivity contribution in [3.63, 3.8) is 0 Å². The van der Waals surface area contributed by atoms with E-state index in [0.717, 1.165) is 12.0 Å². The fraction of sp³-hybridized carbons (Fsp3) is 0.300. The SMILES string of the molecule is CCCOCCNC(=O)c1ccc(Cl)cc1NC(=O)c1ccccc1C. The summed E-state index contributed by atoms with van der Waals surface area (Å²) in [7, 11) is 0. The van der Waals surface area contributed by atoms with Crippen LogP contribution in [0, 0.1) is 6.92 Å². The summed E-state index contributed by atoms with van der Waals surface area (Å²) in [6.45, 7) is 5.38. The molecule has 2 aromatic carbocycles. The average Bonchev–Trinajstić information content (AvgIpc) is 2.61. The molecule has 0 fully saturated rings. The van der Waals surface area contributed by atoms with Crippen molar-refractivity contribution in [2.24, 2.45) is 0 Å². The average molecular weight is 375 g/mol. The van der Waals surface area contributed by atoms with Crippen LogP contribution < -0.4 is 10.6 Å². The zero-order chi connectivity index (χ0) is 18.9. The summed E-state index contributed by atoms with van der Waals surface area (Å²) < 4.78 is 5.35. The Kier molecular flexibility index (Phi) is 7.63. The third-order valence-corrected chi connectivity index (χ3v) is 3.98. The molecule has 0 aliphatic carbocycles. The van der Waals surface area contributed by atoms with Gasteiger partial charge in [-0.1, -0.05) is 36.7 Å². The molecular formula is C20H23ClN2O3. The maximum absolute atomic E-state index is 12.5. The Morgan fingerprint density at radius 3 is 2.54 bits per heavy atom. The van der Waals surface area contributed by atoms with Crippen LogP contribution in [0.3, 0.4) is 0 Å². The van der Waals surface area contributed by atoms with E-state index < -0.39 is 0 Å². The van der Waals surface area contributed by atoms with Gasteiger partial charge in [0.25, 0.3) is 11.8 Å². The summed E-state index contributed by atoms with van der Waals surface area (Å²) >= 11 is 6.04. The van der Waals surface area contributed by atoms with Crippen molar-refractivity contribution in [3.05, 3.63) is 64.2 Å². The fourth-order valence-corrected chi connectivity index (χ4v) is 2.59. The molecule has 0 radical (unpaired) electrons. The molecule has 0 aliphatic rings. The largest absolute Gasteiger partial charge is 0.380 e. The van der Waals surface area contributed by atoms with Gasteiger partial charge in [-0.25, -0.2) is 0 Å². The van der Waals surface area contributed by atoms with Crippen molar-refractivity contribution in [1.29, 1.82) is 0 Å². The van der Waals surface area contributed by atoms with Crippen LogP contribution in [0.5, 0.6) is 0 Å². The Morgan fingerprint density at radius 2 is 1.81 bits per heavy atom. The standard InChI is InChI=1S/C20H23ClN2O3/c1-3-11-26-12-10-22-19(24)17-9-8-15(21)13-18(17)23-20(25)16-7-5-4-6-14(16)2/h4-9,13H,3,10-12H2,1-2H3,(H,22,24)(H,23,25). The van der Waals surface area contributed by atoms with E-state index in [0.29, 0.717) is 41.6 Å².